The maximum absolute atomic E-state index is 11.7. The normalized spacial score (nSPS) is 14.4. The van der Waals surface area contributed by atoms with E-state index in [1.165, 1.54) is 11.1 Å². The summed E-state index contributed by atoms with van der Waals surface area (Å²) in [5.74, 6) is -1.16. The summed E-state index contributed by atoms with van der Waals surface area (Å²) in [6.07, 6.45) is 3.18. The number of rotatable bonds is 5. The third-order valence-electron chi connectivity index (χ3n) is 3.38. The molecule has 0 saturated heterocycles. The molecule has 6 heteroatoms. The van der Waals surface area contributed by atoms with Gasteiger partial charge in [-0.05, 0) is 42.5 Å². The largest absolute Gasteiger partial charge is 0.480 e. The second kappa shape index (κ2) is 6.38. The Morgan fingerprint density at radius 3 is 2.70 bits per heavy atom. The minimum atomic E-state index is -1.16. The number of aryl methyl sites for hydroxylation is 2. The first-order valence-electron chi connectivity index (χ1n) is 6.63. The van der Waals surface area contributed by atoms with E-state index in [0.717, 1.165) is 19.3 Å². The fraction of sp³-hybridized carbons (Fsp3) is 0.429. The van der Waals surface area contributed by atoms with Gasteiger partial charge in [0.2, 0.25) is 0 Å². The number of hydrogen-bond acceptors (Lipinski definition) is 3. The molecule has 2 amide bonds. The lowest BCUT2D eigenvalue weighted by atomic mass is 10.1. The van der Waals surface area contributed by atoms with E-state index in [1.54, 1.807) is 0 Å². The standard InChI is InChI=1S/C14H18N2O4/c17-7-6-12(13(18)19)16-14(20)15-11-5-4-9-2-1-3-10(9)8-11/h4-5,8,12,17H,1-3,6-7H2,(H,18,19)(H2,15,16,20)/t12-/m0/s1. The number of carboxylic acid groups (broad SMARTS) is 1. The lowest BCUT2D eigenvalue weighted by Gasteiger charge is -2.14. The van der Waals surface area contributed by atoms with Crippen LogP contribution in [0.3, 0.4) is 0 Å². The third kappa shape index (κ3) is 3.48. The molecular formula is C14H18N2O4. The van der Waals surface area contributed by atoms with Crippen LogP contribution < -0.4 is 10.6 Å². The molecule has 0 fully saturated rings. The van der Waals surface area contributed by atoms with Gasteiger partial charge in [0, 0.05) is 18.7 Å². The zero-order chi connectivity index (χ0) is 14.5. The van der Waals surface area contributed by atoms with Gasteiger partial charge in [-0.1, -0.05) is 6.07 Å². The molecule has 20 heavy (non-hydrogen) atoms. The summed E-state index contributed by atoms with van der Waals surface area (Å²) >= 11 is 0. The molecule has 4 N–H and O–H groups in total. The predicted octanol–water partition coefficient (Wildman–Crippen LogP) is 1.13. The SMILES string of the molecule is O=C(Nc1ccc2c(c1)CCC2)N[C@@H](CCO)C(=O)O. The average molecular weight is 278 g/mol. The Hall–Kier alpha value is -2.08. The van der Waals surface area contributed by atoms with Crippen molar-refractivity contribution < 1.29 is 19.8 Å². The van der Waals surface area contributed by atoms with Gasteiger partial charge >= 0.3 is 12.0 Å². The molecule has 1 atom stereocenters. The number of nitrogens with one attached hydrogen (secondary N) is 2. The van der Waals surface area contributed by atoms with Gasteiger partial charge in [-0.3, -0.25) is 0 Å². The van der Waals surface area contributed by atoms with Crippen molar-refractivity contribution in [2.45, 2.75) is 31.7 Å². The van der Waals surface area contributed by atoms with Crippen molar-refractivity contribution in [2.24, 2.45) is 0 Å². The molecule has 0 unspecified atom stereocenters. The molecule has 0 spiro atoms. The van der Waals surface area contributed by atoms with Crippen LogP contribution >= 0.6 is 0 Å². The summed E-state index contributed by atoms with van der Waals surface area (Å²) in [6, 6.07) is 4.05. The first-order valence-corrected chi connectivity index (χ1v) is 6.63. The Balaban J connectivity index is 1.95. The summed E-state index contributed by atoms with van der Waals surface area (Å²) in [7, 11) is 0. The van der Waals surface area contributed by atoms with Crippen LogP contribution in [0.2, 0.25) is 0 Å². The smallest absolute Gasteiger partial charge is 0.326 e. The van der Waals surface area contributed by atoms with Crippen LogP contribution in [0, 0.1) is 0 Å². The highest BCUT2D eigenvalue weighted by atomic mass is 16.4. The molecule has 1 aromatic rings. The Labute approximate surface area is 116 Å². The molecule has 0 heterocycles. The number of anilines is 1. The summed E-state index contributed by atoms with van der Waals surface area (Å²) in [4.78, 5) is 22.6. The van der Waals surface area contributed by atoms with Crippen molar-refractivity contribution in [2.75, 3.05) is 11.9 Å². The molecule has 1 aliphatic rings. The zero-order valence-electron chi connectivity index (χ0n) is 11.1. The second-order valence-corrected chi connectivity index (χ2v) is 4.84. The fourth-order valence-electron chi connectivity index (χ4n) is 2.36. The molecule has 0 saturated carbocycles. The van der Waals surface area contributed by atoms with E-state index >= 15 is 0 Å². The van der Waals surface area contributed by atoms with Crippen LogP contribution in [0.25, 0.3) is 0 Å². The maximum atomic E-state index is 11.7. The minimum Gasteiger partial charge on any atom is -0.480 e. The number of aliphatic carboxylic acids is 1. The number of carbonyl (C=O) groups excluding carboxylic acids is 1. The van der Waals surface area contributed by atoms with Crippen molar-refractivity contribution >= 4 is 17.7 Å². The number of aliphatic hydroxyl groups is 1. The molecule has 6 nitrogen and oxygen atoms in total. The van der Waals surface area contributed by atoms with Gasteiger partial charge in [-0.15, -0.1) is 0 Å². The highest BCUT2D eigenvalue weighted by molar-refractivity contribution is 5.92. The topological polar surface area (TPSA) is 98.7 Å². The van der Waals surface area contributed by atoms with E-state index in [-0.39, 0.29) is 13.0 Å². The molecular weight excluding hydrogens is 260 g/mol. The lowest BCUT2D eigenvalue weighted by molar-refractivity contribution is -0.139. The van der Waals surface area contributed by atoms with E-state index in [9.17, 15) is 9.59 Å². The van der Waals surface area contributed by atoms with Crippen molar-refractivity contribution in [3.8, 4) is 0 Å². The molecule has 0 aromatic heterocycles. The second-order valence-electron chi connectivity index (χ2n) is 4.84. The van der Waals surface area contributed by atoms with Crippen LogP contribution in [-0.2, 0) is 17.6 Å². The van der Waals surface area contributed by atoms with Crippen molar-refractivity contribution in [3.63, 3.8) is 0 Å². The summed E-state index contributed by atoms with van der Waals surface area (Å²) in [6.45, 7) is -0.296. The Morgan fingerprint density at radius 2 is 2.00 bits per heavy atom. The van der Waals surface area contributed by atoms with Crippen LogP contribution in [0.15, 0.2) is 18.2 Å². The Bertz CT molecular complexity index is 516. The van der Waals surface area contributed by atoms with E-state index in [2.05, 4.69) is 10.6 Å². The molecule has 0 aliphatic heterocycles. The first kappa shape index (κ1) is 14.3. The Morgan fingerprint density at radius 1 is 1.25 bits per heavy atom. The number of amides is 2. The number of carboxylic acids is 1. The van der Waals surface area contributed by atoms with Crippen molar-refractivity contribution in [1.82, 2.24) is 5.32 Å². The van der Waals surface area contributed by atoms with Gasteiger partial charge in [-0.25, -0.2) is 9.59 Å². The van der Waals surface area contributed by atoms with Gasteiger partial charge in [0.05, 0.1) is 0 Å². The molecule has 1 aromatic carbocycles. The lowest BCUT2D eigenvalue weighted by Crippen LogP contribution is -2.43. The van der Waals surface area contributed by atoms with Crippen molar-refractivity contribution in [1.29, 1.82) is 0 Å². The van der Waals surface area contributed by atoms with Crippen LogP contribution in [-0.4, -0.2) is 34.9 Å². The molecule has 108 valence electrons. The summed E-state index contributed by atoms with van der Waals surface area (Å²) in [5, 5.41) is 22.6. The highest BCUT2D eigenvalue weighted by Crippen LogP contribution is 2.24. The predicted molar refractivity (Wildman–Crippen MR) is 73.7 cm³/mol. The highest BCUT2D eigenvalue weighted by Gasteiger charge is 2.19. The molecule has 1 aliphatic carbocycles. The van der Waals surface area contributed by atoms with Crippen LogP contribution in [0.1, 0.15) is 24.0 Å². The Kier molecular flexibility index (Phi) is 4.57. The average Bonchev–Trinajstić information content (AvgIpc) is 2.85. The number of fused-ring (bicyclic) bond motifs is 1. The van der Waals surface area contributed by atoms with E-state index in [0.29, 0.717) is 5.69 Å². The minimum absolute atomic E-state index is 0.0209. The van der Waals surface area contributed by atoms with Gasteiger partial charge in [0.15, 0.2) is 0 Å². The zero-order valence-corrected chi connectivity index (χ0v) is 11.1. The number of benzene rings is 1. The van der Waals surface area contributed by atoms with Gasteiger partial charge in [0.25, 0.3) is 0 Å². The van der Waals surface area contributed by atoms with Gasteiger partial charge in [-0.2, -0.15) is 0 Å². The number of aliphatic hydroxyl groups excluding tert-OH is 1. The molecule has 0 radical (unpaired) electrons. The third-order valence-corrected chi connectivity index (χ3v) is 3.38. The number of hydrogen-bond donors (Lipinski definition) is 4. The summed E-state index contributed by atoms with van der Waals surface area (Å²) in [5.41, 5.74) is 3.18. The van der Waals surface area contributed by atoms with Crippen LogP contribution in [0.4, 0.5) is 10.5 Å². The maximum Gasteiger partial charge on any atom is 0.326 e. The van der Waals surface area contributed by atoms with E-state index < -0.39 is 18.0 Å². The molecule has 0 bridgehead atoms. The van der Waals surface area contributed by atoms with Gasteiger partial charge in [0.1, 0.15) is 6.04 Å². The van der Waals surface area contributed by atoms with Crippen LogP contribution in [0.5, 0.6) is 0 Å². The monoisotopic (exact) mass is 278 g/mol. The molecule has 2 rings (SSSR count). The van der Waals surface area contributed by atoms with E-state index in [1.807, 2.05) is 18.2 Å². The fourth-order valence-corrected chi connectivity index (χ4v) is 2.36. The quantitative estimate of drug-likeness (QED) is 0.649. The van der Waals surface area contributed by atoms with Gasteiger partial charge < -0.3 is 20.8 Å². The first-order chi connectivity index (χ1) is 9.60. The number of urea groups is 1. The number of carbonyl (C=O) groups is 2. The van der Waals surface area contributed by atoms with E-state index in [4.69, 9.17) is 10.2 Å². The van der Waals surface area contributed by atoms with Crippen molar-refractivity contribution in [3.05, 3.63) is 29.3 Å². The summed E-state index contributed by atoms with van der Waals surface area (Å²) < 4.78 is 0.